The zero-order valence-electron chi connectivity index (χ0n) is 17.8. The van der Waals surface area contributed by atoms with E-state index in [1.165, 1.54) is 6.26 Å². The summed E-state index contributed by atoms with van der Waals surface area (Å²) >= 11 is 0. The largest absolute Gasteiger partial charge is 0.464 e. The maximum Gasteiger partial charge on any atom is 0.286 e. The number of methoxy groups -OCH3 is 1. The van der Waals surface area contributed by atoms with Crippen molar-refractivity contribution in [1.82, 2.24) is 5.32 Å². The number of para-hydroxylation sites is 1. The molecule has 3 rings (SSSR count). The number of amides is 1. The number of ether oxygens (including phenoxy) is 3. The molecule has 0 bridgehead atoms. The van der Waals surface area contributed by atoms with Crippen LogP contribution >= 0.6 is 0 Å². The second kappa shape index (κ2) is 11.1. The van der Waals surface area contributed by atoms with Gasteiger partial charge in [-0.25, -0.2) is 0 Å². The van der Waals surface area contributed by atoms with Crippen molar-refractivity contribution in [2.45, 2.75) is 32.0 Å². The van der Waals surface area contributed by atoms with Crippen molar-refractivity contribution < 1.29 is 28.5 Å². The summed E-state index contributed by atoms with van der Waals surface area (Å²) in [5.41, 5.74) is 0.767. The van der Waals surface area contributed by atoms with Gasteiger partial charge in [-0.2, -0.15) is 0 Å². The van der Waals surface area contributed by atoms with Crippen LogP contribution in [0.25, 0.3) is 11.0 Å². The summed E-state index contributed by atoms with van der Waals surface area (Å²) in [7, 11) is 1.55. The summed E-state index contributed by atoms with van der Waals surface area (Å²) in [5, 5.41) is 12.6. The fourth-order valence-corrected chi connectivity index (χ4v) is 3.80. The molecule has 0 fully saturated rings. The highest BCUT2D eigenvalue weighted by Gasteiger charge is 2.39. The third-order valence-electron chi connectivity index (χ3n) is 5.29. The fourth-order valence-electron chi connectivity index (χ4n) is 3.80. The summed E-state index contributed by atoms with van der Waals surface area (Å²) in [6.45, 7) is 2.90. The minimum atomic E-state index is -0.736. The molecular weight excluding hydrogens is 402 g/mol. The Morgan fingerprint density at radius 1 is 1.29 bits per heavy atom. The van der Waals surface area contributed by atoms with Crippen molar-refractivity contribution in [2.24, 2.45) is 5.92 Å². The quantitative estimate of drug-likeness (QED) is 0.556. The lowest BCUT2D eigenvalue weighted by Crippen LogP contribution is -2.40. The van der Waals surface area contributed by atoms with Crippen LogP contribution in [0, 0.1) is 5.92 Å². The van der Waals surface area contributed by atoms with E-state index in [-0.39, 0.29) is 23.7 Å². The molecule has 8 nitrogen and oxygen atoms in total. The summed E-state index contributed by atoms with van der Waals surface area (Å²) in [5.74, 6) is -1.06. The van der Waals surface area contributed by atoms with E-state index >= 15 is 0 Å². The van der Waals surface area contributed by atoms with Gasteiger partial charge in [0.05, 0.1) is 18.3 Å². The molecule has 3 unspecified atom stereocenters. The Hall–Kier alpha value is -2.68. The number of rotatable bonds is 10. The van der Waals surface area contributed by atoms with E-state index in [0.717, 1.165) is 0 Å². The SMILES string of the molecule is CCOC1OC(C(=O)NCCOC)=CC(c2coc3ccccc3c2=O)C1CCCO. The van der Waals surface area contributed by atoms with Crippen molar-refractivity contribution in [3.8, 4) is 0 Å². The van der Waals surface area contributed by atoms with Gasteiger partial charge in [0.15, 0.2) is 11.2 Å². The lowest BCUT2D eigenvalue weighted by atomic mass is 9.81. The summed E-state index contributed by atoms with van der Waals surface area (Å²) in [4.78, 5) is 25.9. The third kappa shape index (κ3) is 5.33. The summed E-state index contributed by atoms with van der Waals surface area (Å²) in [6, 6.07) is 7.04. The minimum Gasteiger partial charge on any atom is -0.464 e. The summed E-state index contributed by atoms with van der Waals surface area (Å²) < 4.78 is 22.4. The number of allylic oxidation sites excluding steroid dienone is 1. The van der Waals surface area contributed by atoms with Gasteiger partial charge in [0.2, 0.25) is 6.29 Å². The highest BCUT2D eigenvalue weighted by molar-refractivity contribution is 5.91. The van der Waals surface area contributed by atoms with Crippen LogP contribution < -0.4 is 10.7 Å². The van der Waals surface area contributed by atoms with Crippen LogP contribution in [0.15, 0.2) is 51.6 Å². The van der Waals surface area contributed by atoms with Gasteiger partial charge in [0.25, 0.3) is 5.91 Å². The number of fused-ring (bicyclic) bond motifs is 1. The predicted molar refractivity (Wildman–Crippen MR) is 115 cm³/mol. The lowest BCUT2D eigenvalue weighted by molar-refractivity contribution is -0.166. The molecule has 1 aromatic carbocycles. The fraction of sp³-hybridized carbons (Fsp3) is 0.478. The number of nitrogens with one attached hydrogen (secondary N) is 1. The number of aliphatic hydroxyl groups excluding tert-OH is 1. The molecule has 3 atom stereocenters. The van der Waals surface area contributed by atoms with Crippen LogP contribution in [0.5, 0.6) is 0 Å². The molecule has 2 heterocycles. The Morgan fingerprint density at radius 3 is 2.84 bits per heavy atom. The number of benzene rings is 1. The van der Waals surface area contributed by atoms with Gasteiger partial charge in [-0.05, 0) is 38.0 Å². The van der Waals surface area contributed by atoms with Crippen LogP contribution in [0.3, 0.4) is 0 Å². The van der Waals surface area contributed by atoms with Crippen molar-refractivity contribution in [3.05, 3.63) is 58.2 Å². The van der Waals surface area contributed by atoms with E-state index in [2.05, 4.69) is 5.32 Å². The number of hydrogen-bond acceptors (Lipinski definition) is 7. The molecule has 168 valence electrons. The molecule has 0 radical (unpaired) electrons. The standard InChI is InChI=1S/C23H29NO7/c1-3-29-23-15(8-6-11-25)17(13-20(31-23)22(27)24-10-12-28-2)18-14-30-19-9-5-4-7-16(19)21(18)26/h4-5,7,9,13-15,17,23,25H,3,6,8,10-12H2,1-2H3,(H,24,27). The van der Waals surface area contributed by atoms with Gasteiger partial charge in [-0.3, -0.25) is 9.59 Å². The average Bonchev–Trinajstić information content (AvgIpc) is 2.78. The van der Waals surface area contributed by atoms with E-state index in [4.69, 9.17) is 18.6 Å². The molecule has 0 aliphatic carbocycles. The Bertz CT molecular complexity index is 968. The molecular formula is C23H29NO7. The van der Waals surface area contributed by atoms with E-state index in [9.17, 15) is 14.7 Å². The van der Waals surface area contributed by atoms with Crippen LogP contribution in [0.1, 0.15) is 31.2 Å². The van der Waals surface area contributed by atoms with Gasteiger partial charge < -0.3 is 29.1 Å². The zero-order valence-corrected chi connectivity index (χ0v) is 17.8. The second-order valence-corrected chi connectivity index (χ2v) is 7.29. The number of hydrogen-bond donors (Lipinski definition) is 2. The maximum absolute atomic E-state index is 13.3. The van der Waals surface area contributed by atoms with Gasteiger partial charge in [-0.1, -0.05) is 12.1 Å². The lowest BCUT2D eigenvalue weighted by Gasteiger charge is -2.36. The number of aliphatic hydroxyl groups is 1. The molecule has 1 aliphatic heterocycles. The minimum absolute atomic E-state index is 0.00245. The highest BCUT2D eigenvalue weighted by atomic mass is 16.7. The maximum atomic E-state index is 13.3. The number of carbonyl (C=O) groups excluding carboxylic acids is 1. The highest BCUT2D eigenvalue weighted by Crippen LogP contribution is 2.38. The van der Waals surface area contributed by atoms with Gasteiger partial charge >= 0.3 is 0 Å². The predicted octanol–water partition coefficient (Wildman–Crippen LogP) is 2.30. The first-order valence-electron chi connectivity index (χ1n) is 10.5. The third-order valence-corrected chi connectivity index (χ3v) is 5.29. The van der Waals surface area contributed by atoms with Crippen LogP contribution in [0.2, 0.25) is 0 Å². The molecule has 1 amide bonds. The topological polar surface area (TPSA) is 107 Å². The van der Waals surface area contributed by atoms with E-state index in [1.54, 1.807) is 37.5 Å². The molecule has 2 aromatic rings. The first-order chi connectivity index (χ1) is 15.1. The Morgan fingerprint density at radius 2 is 2.10 bits per heavy atom. The van der Waals surface area contributed by atoms with E-state index < -0.39 is 18.1 Å². The zero-order chi connectivity index (χ0) is 22.2. The first-order valence-corrected chi connectivity index (χ1v) is 10.5. The molecule has 1 aromatic heterocycles. The van der Waals surface area contributed by atoms with Crippen molar-refractivity contribution in [3.63, 3.8) is 0 Å². The van der Waals surface area contributed by atoms with E-state index in [1.807, 2.05) is 6.92 Å². The second-order valence-electron chi connectivity index (χ2n) is 7.29. The molecule has 0 spiro atoms. The van der Waals surface area contributed by atoms with Crippen LogP contribution in [-0.2, 0) is 19.0 Å². The molecule has 0 saturated carbocycles. The summed E-state index contributed by atoms with van der Waals surface area (Å²) in [6.07, 6.45) is 3.43. The molecule has 31 heavy (non-hydrogen) atoms. The van der Waals surface area contributed by atoms with Crippen molar-refractivity contribution >= 4 is 16.9 Å². The van der Waals surface area contributed by atoms with Crippen molar-refractivity contribution in [1.29, 1.82) is 0 Å². The smallest absolute Gasteiger partial charge is 0.286 e. The van der Waals surface area contributed by atoms with Gasteiger partial charge in [0, 0.05) is 44.3 Å². The van der Waals surface area contributed by atoms with Crippen LogP contribution in [-0.4, -0.2) is 50.8 Å². The molecule has 0 saturated heterocycles. The monoisotopic (exact) mass is 431 g/mol. The van der Waals surface area contributed by atoms with E-state index in [0.29, 0.717) is 49.1 Å². The van der Waals surface area contributed by atoms with Crippen molar-refractivity contribution in [2.75, 3.05) is 33.5 Å². The Kier molecular flexibility index (Phi) is 8.22. The van der Waals surface area contributed by atoms with Gasteiger partial charge in [0.1, 0.15) is 5.58 Å². The first kappa shape index (κ1) is 23.0. The van der Waals surface area contributed by atoms with Gasteiger partial charge in [-0.15, -0.1) is 0 Å². The Balaban J connectivity index is 2.04. The Labute approximate surface area is 180 Å². The molecule has 8 heteroatoms. The molecule has 1 aliphatic rings. The average molecular weight is 431 g/mol. The normalized spacial score (nSPS) is 20.9. The molecule has 2 N–H and O–H groups in total. The van der Waals surface area contributed by atoms with Crippen LogP contribution in [0.4, 0.5) is 0 Å². The number of carbonyl (C=O) groups is 1.